The average molecular weight is 1640 g/mol. The highest BCUT2D eigenvalue weighted by Gasteiger charge is 2.46. The van der Waals surface area contributed by atoms with Gasteiger partial charge in [-0.3, -0.25) is 88.2 Å². The third-order valence-corrected chi connectivity index (χ3v) is 24.7. The zero-order valence-corrected chi connectivity index (χ0v) is 66.2. The predicted molar refractivity (Wildman–Crippen MR) is 419 cm³/mol. The van der Waals surface area contributed by atoms with Crippen LogP contribution in [0.15, 0.2) is 68.4 Å². The molecule has 10 aliphatic rings. The molecular formula is C76H96F3N9O20S4. The quantitative estimate of drug-likeness (QED) is 0.0491. The second kappa shape index (κ2) is 36.9. The molecule has 1 aliphatic carbocycles. The van der Waals surface area contributed by atoms with Gasteiger partial charge in [0.25, 0.3) is 15.7 Å². The van der Waals surface area contributed by atoms with Crippen LogP contribution in [0.2, 0.25) is 0 Å². The van der Waals surface area contributed by atoms with Gasteiger partial charge >= 0.3 is 0 Å². The number of carbonyl (C=O) groups is 12. The number of ketones is 3. The standard InChI is InChI=1S/C20H17FN2O5S.C19H17FN2O7S2.C19H17FN2O5S.3C6H13NO.3H2/c21-12-6-9(5-11-15(24)7-17(25)22-19(11)26)4-10-14(8-28-18(10)12)23-13-2-1-3-16(13)29-20(23)27;1-31(27,28)8-10-6-22(19(26)30-10)14-7-29-17-11(14)2-9(4-13(17)20)3-12-15(23)5-16(24)21-18(12)25;1-2-10-7-22(19(26)28-10)14-8-27-17-11(14)3-9(5-13(17)20)4-12-15(23)6-16(24)21-18(12)25;3*1-5-3-7-4-6(2)8-5;;;/h4,6,8,11,13,16H,1-3,5,7H2,(H,22,25,26);2,4,7,10,12H,3,5-6,8H2,1H3,(H,21,24,25);3,5,8,10,12H,2,4,6-7H2,1H3,(H,21,24,25);3*5-7H,3-4H2,1-2H3;3*1H/t11?,13-,16+;2*10-,12?;3*5-,6+;;;/m010....../s1. The second-order valence-electron chi connectivity index (χ2n) is 29.4. The first-order valence-corrected chi connectivity index (χ1v) is 41.8. The second-order valence-corrected chi connectivity index (χ2v) is 35.3. The Morgan fingerprint density at radius 1 is 0.464 bits per heavy atom. The van der Waals surface area contributed by atoms with E-state index in [2.05, 4.69) is 73.4 Å². The summed E-state index contributed by atoms with van der Waals surface area (Å²) in [5.74, 6) is -10.9. The van der Waals surface area contributed by atoms with E-state index < -0.39 is 110 Å². The van der Waals surface area contributed by atoms with Gasteiger partial charge in [0.1, 0.15) is 46.4 Å². The average Bonchev–Trinajstić information content (AvgIpc) is 1.61. The lowest BCUT2D eigenvalue weighted by Crippen LogP contribution is -2.46. The number of piperidine rings is 3. The van der Waals surface area contributed by atoms with Crippen LogP contribution < -0.4 is 46.6 Å². The van der Waals surface area contributed by atoms with E-state index in [4.69, 9.17) is 27.5 Å². The van der Waals surface area contributed by atoms with Crippen LogP contribution in [0.3, 0.4) is 0 Å². The van der Waals surface area contributed by atoms with Crippen LogP contribution in [0.4, 0.5) is 44.6 Å². The number of ether oxygens (including phenoxy) is 3. The lowest BCUT2D eigenvalue weighted by atomic mass is 9.89. The number of carbonyl (C=O) groups excluding carboxylic acids is 12. The maximum atomic E-state index is 14.7. The summed E-state index contributed by atoms with van der Waals surface area (Å²) < 4.78 is 99.3. The lowest BCUT2D eigenvalue weighted by Gasteiger charge is -2.25. The molecule has 112 heavy (non-hydrogen) atoms. The van der Waals surface area contributed by atoms with Gasteiger partial charge in [-0.2, -0.15) is 0 Å². The number of sulfone groups is 1. The molecule has 10 fully saturated rings. The van der Waals surface area contributed by atoms with Crippen LogP contribution in [-0.2, 0) is 86.5 Å². The molecule has 36 heteroatoms. The summed E-state index contributed by atoms with van der Waals surface area (Å²) in [6.07, 6.45) is 9.89. The number of Topliss-reactive ketones (excluding diaryl/α,β-unsaturated/α-hetero) is 3. The fourth-order valence-corrected chi connectivity index (χ4v) is 19.6. The number of furan rings is 3. The number of hydrogen-bond acceptors (Lipinski definition) is 26. The summed E-state index contributed by atoms with van der Waals surface area (Å²) in [6, 6.07) is 8.46. The molecule has 3 aromatic heterocycles. The van der Waals surface area contributed by atoms with Gasteiger partial charge in [0, 0.05) is 94.8 Å². The van der Waals surface area contributed by atoms with Crippen molar-refractivity contribution in [3.63, 3.8) is 0 Å². The Balaban J connectivity index is 0.000000186. The van der Waals surface area contributed by atoms with Gasteiger partial charge in [0.2, 0.25) is 35.4 Å². The molecule has 6 N–H and O–H groups in total. The van der Waals surface area contributed by atoms with Gasteiger partial charge in [-0.15, -0.1) is 0 Å². The van der Waals surface area contributed by atoms with Gasteiger partial charge in [-0.05, 0) is 133 Å². The molecule has 1 saturated carbocycles. The molecule has 3 unspecified atom stereocenters. The number of thioether (sulfide) groups is 3. The summed E-state index contributed by atoms with van der Waals surface area (Å²) in [6.45, 7) is 21.2. The van der Waals surface area contributed by atoms with E-state index in [0.717, 1.165) is 89.0 Å². The monoisotopic (exact) mass is 1640 g/mol. The van der Waals surface area contributed by atoms with Crippen LogP contribution in [0.25, 0.3) is 32.9 Å². The summed E-state index contributed by atoms with van der Waals surface area (Å²) in [7, 11) is -3.29. The number of anilines is 3. The minimum Gasteiger partial charge on any atom is -0.459 e. The number of imide groups is 3. The van der Waals surface area contributed by atoms with Crippen molar-refractivity contribution in [3.05, 3.63) is 89.3 Å². The molecule has 12 heterocycles. The fraction of sp³-hybridized carbons (Fsp3) is 0.526. The Morgan fingerprint density at radius 2 is 0.804 bits per heavy atom. The molecule has 9 saturated heterocycles. The Bertz CT molecular complexity index is 4650. The Labute approximate surface area is 660 Å². The normalized spacial score (nSPS) is 27.5. The van der Waals surface area contributed by atoms with Crippen molar-refractivity contribution < 1.29 is 111 Å². The molecule has 6 aromatic rings. The Hall–Kier alpha value is -8.33. The molecule has 16 rings (SSSR count). The molecule has 0 spiro atoms. The van der Waals surface area contributed by atoms with Gasteiger partial charge in [0.05, 0.1) is 84.7 Å². The van der Waals surface area contributed by atoms with Crippen LogP contribution in [-0.4, -0.2) is 200 Å². The van der Waals surface area contributed by atoms with Crippen molar-refractivity contribution in [2.75, 3.05) is 79.1 Å². The van der Waals surface area contributed by atoms with Crippen molar-refractivity contribution in [2.45, 2.75) is 171 Å². The van der Waals surface area contributed by atoms with Crippen LogP contribution in [0.5, 0.6) is 0 Å². The number of nitrogens with one attached hydrogen (secondary N) is 6. The first kappa shape index (κ1) is 84.6. The van der Waals surface area contributed by atoms with Gasteiger partial charge in [-0.25, -0.2) is 21.6 Å². The lowest BCUT2D eigenvalue weighted by molar-refractivity contribution is -0.145. The van der Waals surface area contributed by atoms with E-state index in [-0.39, 0.29) is 109 Å². The highest BCUT2D eigenvalue weighted by Crippen LogP contribution is 2.47. The van der Waals surface area contributed by atoms with Gasteiger partial charge in [0.15, 0.2) is 51.6 Å². The number of morpholine rings is 3. The number of fused-ring (bicyclic) bond motifs is 4. The number of amides is 9. The van der Waals surface area contributed by atoms with Crippen LogP contribution in [0, 0.1) is 35.2 Å². The van der Waals surface area contributed by atoms with Crippen molar-refractivity contribution in [2.24, 2.45) is 17.8 Å². The summed E-state index contributed by atoms with van der Waals surface area (Å²) in [5, 5.41) is 16.6. The molecular weight excluding hydrogens is 1540 g/mol. The van der Waals surface area contributed by atoms with E-state index in [0.29, 0.717) is 82.0 Å². The first-order chi connectivity index (χ1) is 53.2. The molecule has 3 aromatic carbocycles. The van der Waals surface area contributed by atoms with E-state index in [1.165, 1.54) is 65.4 Å². The van der Waals surface area contributed by atoms with Crippen molar-refractivity contribution in [1.29, 1.82) is 0 Å². The van der Waals surface area contributed by atoms with Crippen molar-refractivity contribution in [1.82, 2.24) is 31.9 Å². The summed E-state index contributed by atoms with van der Waals surface area (Å²) in [5.41, 5.74) is 2.40. The van der Waals surface area contributed by atoms with E-state index >= 15 is 0 Å². The van der Waals surface area contributed by atoms with E-state index in [1.54, 1.807) is 21.9 Å². The molecule has 610 valence electrons. The number of halogens is 3. The SMILES string of the molecule is CC[C@H]1CN(c2coc3c(F)cc(CC4C(=O)CC(=O)NC4=O)cc23)C(=O)S1.CS(=O)(=O)C[C@H]1CN(c2coc3c(F)cc(CC4C(=O)CC(=O)NC4=O)cc23)C(=O)S1.C[C@@H]1CNC[C@H](C)O1.C[C@@H]1CNC[C@H](C)O1.C[C@@H]1CNC[C@H](C)O1.O=C1CC(=O)C(Cc2cc(F)c3occ(N4C(=O)S[C@@H]5CCC[C@@H]54)c3c2)C(=O)N1.[HH].[HH].[HH]. The van der Waals surface area contributed by atoms with Crippen LogP contribution in [0.1, 0.15) is 114 Å². The number of benzene rings is 3. The zero-order valence-electron chi connectivity index (χ0n) is 62.9. The van der Waals surface area contributed by atoms with Gasteiger partial charge < -0.3 is 43.4 Å². The van der Waals surface area contributed by atoms with Crippen LogP contribution >= 0.6 is 35.3 Å². The topological polar surface area (TPSA) is 388 Å². The molecule has 13 atom stereocenters. The maximum Gasteiger partial charge on any atom is 0.286 e. The number of hydrogen-bond donors (Lipinski definition) is 6. The minimum absolute atomic E-state index is 0. The third kappa shape index (κ3) is 21.0. The first-order valence-electron chi connectivity index (χ1n) is 37.1. The number of nitrogens with zero attached hydrogens (tertiary/aromatic N) is 3. The highest BCUT2D eigenvalue weighted by molar-refractivity contribution is 8.15. The smallest absolute Gasteiger partial charge is 0.286 e. The van der Waals surface area contributed by atoms with Crippen molar-refractivity contribution in [3.8, 4) is 0 Å². The zero-order chi connectivity index (χ0) is 80.7. The minimum atomic E-state index is -3.29. The predicted octanol–water partition coefficient (Wildman–Crippen LogP) is 9.06. The highest BCUT2D eigenvalue weighted by atomic mass is 32.2. The Morgan fingerprint density at radius 3 is 1.12 bits per heavy atom. The molecule has 0 bridgehead atoms. The largest absolute Gasteiger partial charge is 0.459 e. The maximum absolute atomic E-state index is 14.7. The molecule has 9 aliphatic heterocycles. The fourth-order valence-electron chi connectivity index (χ4n) is 14.7. The third-order valence-electron chi connectivity index (χ3n) is 19.9. The molecule has 29 nitrogen and oxygen atoms in total. The van der Waals surface area contributed by atoms with Gasteiger partial charge in [-0.1, -0.05) is 48.6 Å². The summed E-state index contributed by atoms with van der Waals surface area (Å²) >= 11 is 3.44. The summed E-state index contributed by atoms with van der Waals surface area (Å²) in [4.78, 5) is 148. The van der Waals surface area contributed by atoms with Crippen molar-refractivity contribution >= 4 is 164 Å². The van der Waals surface area contributed by atoms with E-state index in [9.17, 15) is 79.1 Å². The Kier molecular flexibility index (Phi) is 27.8. The van der Waals surface area contributed by atoms with E-state index in [1.807, 2.05) is 6.92 Å². The molecule has 0 radical (unpaired) electrons. The number of rotatable bonds is 12. The molecule has 9 amide bonds.